The van der Waals surface area contributed by atoms with Gasteiger partial charge in [0.15, 0.2) is 5.78 Å². The number of ketones is 1. The molecule has 7 heteroatoms. The number of ether oxygens (including phenoxy) is 1. The number of piperazine rings is 1. The number of nitrogens with one attached hydrogen (secondary N) is 1. The van der Waals surface area contributed by atoms with E-state index in [1.165, 1.54) is 12.7 Å². The molecule has 6 nitrogen and oxygen atoms in total. The Balaban J connectivity index is 1.64. The van der Waals surface area contributed by atoms with Gasteiger partial charge in [-0.25, -0.2) is 4.79 Å². The average Bonchev–Trinajstić information content (AvgIpc) is 3.28. The van der Waals surface area contributed by atoms with Gasteiger partial charge in [-0.1, -0.05) is 0 Å². The van der Waals surface area contributed by atoms with Crippen molar-refractivity contribution in [2.75, 3.05) is 33.3 Å². The highest BCUT2D eigenvalue weighted by molar-refractivity contribution is 7.07. The van der Waals surface area contributed by atoms with E-state index in [1.807, 2.05) is 6.92 Å². The van der Waals surface area contributed by atoms with Crippen LogP contribution in [0.4, 0.5) is 0 Å². The van der Waals surface area contributed by atoms with Crippen LogP contribution in [0.3, 0.4) is 0 Å². The third kappa shape index (κ3) is 4.15. The third-order valence-electron chi connectivity index (χ3n) is 5.39. The first kappa shape index (κ1) is 19.8. The van der Waals surface area contributed by atoms with Crippen molar-refractivity contribution in [3.8, 4) is 0 Å². The van der Waals surface area contributed by atoms with Crippen LogP contribution in [0.2, 0.25) is 0 Å². The Kier molecular flexibility index (Phi) is 6.14. The molecule has 2 aromatic rings. The lowest BCUT2D eigenvalue weighted by Crippen LogP contribution is -2.51. The van der Waals surface area contributed by atoms with Gasteiger partial charge in [0.1, 0.15) is 0 Å². The maximum absolute atomic E-state index is 13.0. The van der Waals surface area contributed by atoms with E-state index < -0.39 is 5.97 Å². The van der Waals surface area contributed by atoms with Crippen molar-refractivity contribution >= 4 is 23.1 Å². The first-order valence-corrected chi connectivity index (χ1v) is 10.2. The monoisotopic (exact) mass is 389 g/mol. The normalized spacial score (nSPS) is 17.0. The fourth-order valence-electron chi connectivity index (χ4n) is 3.73. The summed E-state index contributed by atoms with van der Waals surface area (Å²) in [6, 6.07) is 1.94. The van der Waals surface area contributed by atoms with Crippen molar-refractivity contribution < 1.29 is 14.3 Å². The molecule has 0 saturated carbocycles. The zero-order valence-corrected chi connectivity index (χ0v) is 17.2. The Morgan fingerprint density at radius 3 is 2.56 bits per heavy atom. The van der Waals surface area contributed by atoms with E-state index in [4.69, 9.17) is 4.74 Å². The SMILES string of the molecule is COC(=O)c1c(C)[nH]c(C(=O)C(C)N2CCN(Cc3ccsc3)CC2)c1C. The maximum atomic E-state index is 13.0. The molecule has 1 saturated heterocycles. The number of carbonyl (C=O) groups excluding carboxylic acids is 2. The minimum Gasteiger partial charge on any atom is -0.465 e. The second-order valence-corrected chi connectivity index (χ2v) is 7.88. The molecule has 146 valence electrons. The Labute approximate surface area is 164 Å². The number of hydrogen-bond donors (Lipinski definition) is 1. The summed E-state index contributed by atoms with van der Waals surface area (Å²) < 4.78 is 4.84. The van der Waals surface area contributed by atoms with E-state index in [9.17, 15) is 9.59 Å². The number of carbonyl (C=O) groups is 2. The van der Waals surface area contributed by atoms with Crippen LogP contribution >= 0.6 is 11.3 Å². The largest absolute Gasteiger partial charge is 0.465 e. The predicted molar refractivity (Wildman–Crippen MR) is 107 cm³/mol. The van der Waals surface area contributed by atoms with Crippen molar-refractivity contribution in [2.24, 2.45) is 0 Å². The van der Waals surface area contributed by atoms with Gasteiger partial charge >= 0.3 is 5.97 Å². The van der Waals surface area contributed by atoms with Gasteiger partial charge in [-0.15, -0.1) is 0 Å². The molecule has 0 aromatic carbocycles. The Hall–Kier alpha value is -1.96. The second-order valence-electron chi connectivity index (χ2n) is 7.10. The van der Waals surface area contributed by atoms with Crippen molar-refractivity contribution in [3.63, 3.8) is 0 Å². The number of rotatable bonds is 6. The summed E-state index contributed by atoms with van der Waals surface area (Å²) in [5.41, 5.74) is 3.68. The first-order chi connectivity index (χ1) is 12.9. The molecule has 1 aliphatic heterocycles. The molecule has 0 spiro atoms. The van der Waals surface area contributed by atoms with Crippen molar-refractivity contribution in [1.29, 1.82) is 0 Å². The van der Waals surface area contributed by atoms with Gasteiger partial charge in [0.25, 0.3) is 0 Å². The van der Waals surface area contributed by atoms with Gasteiger partial charge in [0, 0.05) is 38.4 Å². The van der Waals surface area contributed by atoms with E-state index in [-0.39, 0.29) is 11.8 Å². The number of aryl methyl sites for hydroxylation is 1. The highest BCUT2D eigenvalue weighted by atomic mass is 32.1. The van der Waals surface area contributed by atoms with E-state index >= 15 is 0 Å². The summed E-state index contributed by atoms with van der Waals surface area (Å²) in [4.78, 5) is 32.8. The molecule has 0 bridgehead atoms. The standard InChI is InChI=1S/C20H27N3O3S/c1-13-17(20(25)26-4)14(2)21-18(13)19(24)15(3)23-8-6-22(7-9-23)11-16-5-10-27-12-16/h5,10,12,15,21H,6-9,11H2,1-4H3. The summed E-state index contributed by atoms with van der Waals surface area (Å²) in [6.07, 6.45) is 0. The molecule has 1 unspecified atom stereocenters. The number of Topliss-reactive ketones (excluding diaryl/α,β-unsaturated/α-hetero) is 1. The van der Waals surface area contributed by atoms with Crippen LogP contribution in [0.25, 0.3) is 0 Å². The second kappa shape index (κ2) is 8.37. The Morgan fingerprint density at radius 1 is 1.26 bits per heavy atom. The summed E-state index contributed by atoms with van der Waals surface area (Å²) in [6.45, 7) is 10.1. The van der Waals surface area contributed by atoms with Crippen LogP contribution in [-0.4, -0.2) is 65.9 Å². The first-order valence-electron chi connectivity index (χ1n) is 9.21. The van der Waals surface area contributed by atoms with Crippen molar-refractivity contribution in [2.45, 2.75) is 33.4 Å². The van der Waals surface area contributed by atoms with Crippen molar-refractivity contribution in [3.05, 3.63) is 44.9 Å². The van der Waals surface area contributed by atoms with E-state index in [0.717, 1.165) is 32.7 Å². The number of aromatic amines is 1. The molecule has 27 heavy (non-hydrogen) atoms. The number of esters is 1. The number of aromatic nitrogens is 1. The number of thiophene rings is 1. The van der Waals surface area contributed by atoms with Crippen LogP contribution in [0, 0.1) is 13.8 Å². The van der Waals surface area contributed by atoms with Gasteiger partial charge in [-0.05, 0) is 48.7 Å². The van der Waals surface area contributed by atoms with Gasteiger partial charge in [-0.2, -0.15) is 11.3 Å². The molecule has 3 heterocycles. The summed E-state index contributed by atoms with van der Waals surface area (Å²) >= 11 is 1.73. The van der Waals surface area contributed by atoms with E-state index in [0.29, 0.717) is 22.5 Å². The predicted octanol–water partition coefficient (Wildman–Crippen LogP) is 2.87. The summed E-state index contributed by atoms with van der Waals surface area (Å²) in [7, 11) is 1.36. The highest BCUT2D eigenvalue weighted by Gasteiger charge is 2.30. The summed E-state index contributed by atoms with van der Waals surface area (Å²) in [5, 5.41) is 4.29. The molecule has 1 fully saturated rings. The van der Waals surface area contributed by atoms with Crippen LogP contribution in [-0.2, 0) is 11.3 Å². The molecule has 2 aromatic heterocycles. The smallest absolute Gasteiger partial charge is 0.339 e. The zero-order valence-electron chi connectivity index (χ0n) is 16.4. The lowest BCUT2D eigenvalue weighted by molar-refractivity contribution is 0.0599. The molecule has 1 aliphatic rings. The number of nitrogens with zero attached hydrogens (tertiary/aromatic N) is 2. The lowest BCUT2D eigenvalue weighted by atomic mass is 10.0. The van der Waals surface area contributed by atoms with Crippen LogP contribution < -0.4 is 0 Å². The topological polar surface area (TPSA) is 65.6 Å². The lowest BCUT2D eigenvalue weighted by Gasteiger charge is -2.37. The van der Waals surface area contributed by atoms with Gasteiger partial charge in [0.2, 0.25) is 0 Å². The highest BCUT2D eigenvalue weighted by Crippen LogP contribution is 2.22. The van der Waals surface area contributed by atoms with E-state index in [1.54, 1.807) is 25.2 Å². The molecular formula is C20H27N3O3S. The quantitative estimate of drug-likeness (QED) is 0.608. The zero-order chi connectivity index (χ0) is 19.6. The van der Waals surface area contributed by atoms with E-state index in [2.05, 4.69) is 31.6 Å². The minimum absolute atomic E-state index is 0.0250. The van der Waals surface area contributed by atoms with Crippen LogP contribution in [0.15, 0.2) is 16.8 Å². The minimum atomic E-state index is -0.407. The van der Waals surface area contributed by atoms with Gasteiger partial charge in [-0.3, -0.25) is 14.6 Å². The average molecular weight is 390 g/mol. The Bertz CT molecular complexity index is 805. The van der Waals surface area contributed by atoms with Gasteiger partial charge < -0.3 is 9.72 Å². The maximum Gasteiger partial charge on any atom is 0.339 e. The molecule has 0 amide bonds. The molecule has 3 rings (SSSR count). The number of H-pyrrole nitrogens is 1. The fraction of sp³-hybridized carbons (Fsp3) is 0.500. The molecule has 0 radical (unpaired) electrons. The molecule has 1 atom stereocenters. The Morgan fingerprint density at radius 2 is 1.96 bits per heavy atom. The van der Waals surface area contributed by atoms with Crippen LogP contribution in [0.5, 0.6) is 0 Å². The summed E-state index contributed by atoms with van der Waals surface area (Å²) in [5.74, 6) is -0.382. The molecule has 1 N–H and O–H groups in total. The molecule has 0 aliphatic carbocycles. The third-order valence-corrected chi connectivity index (χ3v) is 6.13. The number of hydrogen-bond acceptors (Lipinski definition) is 6. The van der Waals surface area contributed by atoms with Crippen molar-refractivity contribution in [1.82, 2.24) is 14.8 Å². The van der Waals surface area contributed by atoms with Gasteiger partial charge in [0.05, 0.1) is 24.4 Å². The molecular weight excluding hydrogens is 362 g/mol. The van der Waals surface area contributed by atoms with Crippen LogP contribution in [0.1, 0.15) is 44.6 Å². The fourth-order valence-corrected chi connectivity index (χ4v) is 4.39. The number of methoxy groups -OCH3 is 1.